The zero-order chi connectivity index (χ0) is 15.4. The maximum Gasteiger partial charge on any atom is 0.163 e. The van der Waals surface area contributed by atoms with Crippen molar-refractivity contribution < 1.29 is 9.59 Å². The summed E-state index contributed by atoms with van der Waals surface area (Å²) in [7, 11) is 0. The van der Waals surface area contributed by atoms with Gasteiger partial charge in [-0.05, 0) is 18.4 Å². The van der Waals surface area contributed by atoms with Crippen molar-refractivity contribution in [2.75, 3.05) is 0 Å². The molecule has 0 amide bonds. The van der Waals surface area contributed by atoms with E-state index in [9.17, 15) is 9.59 Å². The van der Waals surface area contributed by atoms with Crippen LogP contribution in [-0.2, 0) is 4.79 Å². The molecule has 0 bridgehead atoms. The van der Waals surface area contributed by atoms with Crippen molar-refractivity contribution in [1.29, 1.82) is 0 Å². The van der Waals surface area contributed by atoms with E-state index in [-0.39, 0.29) is 17.6 Å². The third kappa shape index (κ3) is 3.16. The van der Waals surface area contributed by atoms with E-state index in [0.717, 1.165) is 24.0 Å². The summed E-state index contributed by atoms with van der Waals surface area (Å²) >= 11 is 0. The second kappa shape index (κ2) is 6.69. The third-order valence-electron chi connectivity index (χ3n) is 4.57. The lowest BCUT2D eigenvalue weighted by Crippen LogP contribution is -2.20. The Balaban J connectivity index is 1.86. The molecule has 2 nitrogen and oxygen atoms in total. The van der Waals surface area contributed by atoms with Gasteiger partial charge in [0.05, 0.1) is 0 Å². The topological polar surface area (TPSA) is 34.1 Å². The number of rotatable bonds is 5. The first-order valence-corrected chi connectivity index (χ1v) is 7.91. The molecule has 2 aromatic rings. The number of benzene rings is 2. The van der Waals surface area contributed by atoms with Crippen LogP contribution in [0.15, 0.2) is 60.7 Å². The van der Waals surface area contributed by atoms with Gasteiger partial charge in [0.15, 0.2) is 5.78 Å². The third-order valence-corrected chi connectivity index (χ3v) is 4.57. The molecule has 0 radical (unpaired) electrons. The monoisotopic (exact) mass is 292 g/mol. The first-order valence-electron chi connectivity index (χ1n) is 7.91. The molecule has 1 saturated carbocycles. The number of carbonyl (C=O) groups excluding carboxylic acids is 2. The van der Waals surface area contributed by atoms with Crippen LogP contribution in [0.25, 0.3) is 0 Å². The van der Waals surface area contributed by atoms with Gasteiger partial charge in [-0.15, -0.1) is 0 Å². The molecular formula is C20H20O2. The minimum Gasteiger partial charge on any atom is -0.299 e. The Hall–Kier alpha value is -2.22. The van der Waals surface area contributed by atoms with Crippen molar-refractivity contribution in [3.8, 4) is 0 Å². The summed E-state index contributed by atoms with van der Waals surface area (Å²) in [5, 5.41) is 0. The van der Waals surface area contributed by atoms with Gasteiger partial charge in [0.25, 0.3) is 0 Å². The Morgan fingerprint density at radius 2 is 1.64 bits per heavy atom. The second-order valence-corrected chi connectivity index (χ2v) is 5.98. The van der Waals surface area contributed by atoms with E-state index in [0.29, 0.717) is 18.6 Å². The molecule has 2 aromatic carbocycles. The van der Waals surface area contributed by atoms with Crippen molar-refractivity contribution in [1.82, 2.24) is 0 Å². The molecule has 112 valence electrons. The summed E-state index contributed by atoms with van der Waals surface area (Å²) in [6, 6.07) is 19.4. The highest BCUT2D eigenvalue weighted by Crippen LogP contribution is 2.37. The normalized spacial score (nSPS) is 19.1. The summed E-state index contributed by atoms with van der Waals surface area (Å²) in [5.74, 6) is 0.433. The standard InChI is InChI=1S/C20H20O2/c21-19-13-7-12-17(19)18(15-8-3-1-4-9-15)14-20(22)16-10-5-2-6-11-16/h1-6,8-11,17-18H,7,12-14H2. The molecule has 0 saturated heterocycles. The van der Waals surface area contributed by atoms with Crippen molar-refractivity contribution in [3.05, 3.63) is 71.8 Å². The zero-order valence-electron chi connectivity index (χ0n) is 12.6. The smallest absolute Gasteiger partial charge is 0.163 e. The summed E-state index contributed by atoms with van der Waals surface area (Å²) in [6.07, 6.45) is 2.92. The maximum atomic E-state index is 12.6. The number of ketones is 2. The minimum atomic E-state index is -0.00457. The van der Waals surface area contributed by atoms with E-state index >= 15 is 0 Å². The average Bonchev–Trinajstić information content (AvgIpc) is 3.00. The predicted molar refractivity (Wildman–Crippen MR) is 86.9 cm³/mol. The molecule has 0 aromatic heterocycles. The zero-order valence-corrected chi connectivity index (χ0v) is 12.6. The van der Waals surface area contributed by atoms with Crippen molar-refractivity contribution in [3.63, 3.8) is 0 Å². The van der Waals surface area contributed by atoms with Gasteiger partial charge in [0.2, 0.25) is 0 Å². The average molecular weight is 292 g/mol. The van der Waals surface area contributed by atoms with Crippen molar-refractivity contribution >= 4 is 11.6 Å². The molecular weight excluding hydrogens is 272 g/mol. The predicted octanol–water partition coefficient (Wildman–Crippen LogP) is 4.41. The van der Waals surface area contributed by atoms with E-state index < -0.39 is 0 Å². The fourth-order valence-electron chi connectivity index (χ4n) is 3.40. The number of carbonyl (C=O) groups is 2. The molecule has 2 unspecified atom stereocenters. The van der Waals surface area contributed by atoms with Gasteiger partial charge in [-0.1, -0.05) is 60.7 Å². The van der Waals surface area contributed by atoms with Gasteiger partial charge in [-0.3, -0.25) is 9.59 Å². The molecule has 1 aliphatic carbocycles. The van der Waals surface area contributed by atoms with E-state index in [1.807, 2.05) is 60.7 Å². The molecule has 3 rings (SSSR count). The van der Waals surface area contributed by atoms with Crippen LogP contribution in [0, 0.1) is 5.92 Å². The van der Waals surface area contributed by atoms with Crippen LogP contribution in [0.4, 0.5) is 0 Å². The van der Waals surface area contributed by atoms with Gasteiger partial charge in [-0.2, -0.15) is 0 Å². The fraction of sp³-hybridized carbons (Fsp3) is 0.300. The number of hydrogen-bond acceptors (Lipinski definition) is 2. The molecule has 0 N–H and O–H groups in total. The Morgan fingerprint density at radius 3 is 2.23 bits per heavy atom. The largest absolute Gasteiger partial charge is 0.299 e. The maximum absolute atomic E-state index is 12.6. The van der Waals surface area contributed by atoms with Gasteiger partial charge in [-0.25, -0.2) is 0 Å². The van der Waals surface area contributed by atoms with Crippen molar-refractivity contribution in [2.45, 2.75) is 31.6 Å². The Labute approximate surface area is 131 Å². The molecule has 22 heavy (non-hydrogen) atoms. The SMILES string of the molecule is O=C(CC(c1ccccc1)C1CCCC1=O)c1ccccc1. The van der Waals surface area contributed by atoms with E-state index in [2.05, 4.69) is 0 Å². The van der Waals surface area contributed by atoms with Crippen LogP contribution >= 0.6 is 0 Å². The van der Waals surface area contributed by atoms with E-state index in [1.165, 1.54) is 0 Å². The van der Waals surface area contributed by atoms with Gasteiger partial charge in [0, 0.05) is 30.2 Å². The second-order valence-electron chi connectivity index (χ2n) is 5.98. The van der Waals surface area contributed by atoms with Gasteiger partial charge in [0.1, 0.15) is 5.78 Å². The molecule has 0 heterocycles. The molecule has 1 aliphatic rings. The van der Waals surface area contributed by atoms with Crippen LogP contribution in [0.3, 0.4) is 0 Å². The highest BCUT2D eigenvalue weighted by molar-refractivity contribution is 5.97. The quantitative estimate of drug-likeness (QED) is 0.765. The molecule has 0 aliphatic heterocycles. The van der Waals surface area contributed by atoms with Crippen LogP contribution in [0.2, 0.25) is 0 Å². The number of hydrogen-bond donors (Lipinski definition) is 0. The first kappa shape index (κ1) is 14.7. The summed E-state index contributed by atoms with van der Waals surface area (Å²) in [6.45, 7) is 0. The van der Waals surface area contributed by atoms with Crippen LogP contribution in [-0.4, -0.2) is 11.6 Å². The highest BCUT2D eigenvalue weighted by atomic mass is 16.1. The van der Waals surface area contributed by atoms with Crippen molar-refractivity contribution in [2.24, 2.45) is 5.92 Å². The summed E-state index contributed by atoms with van der Waals surface area (Å²) < 4.78 is 0. The number of Topliss-reactive ketones (excluding diaryl/α,β-unsaturated/α-hetero) is 2. The fourth-order valence-corrected chi connectivity index (χ4v) is 3.40. The molecule has 1 fully saturated rings. The minimum absolute atomic E-state index is 0.00362. The molecule has 0 spiro atoms. The van der Waals surface area contributed by atoms with E-state index in [1.54, 1.807) is 0 Å². The first-order chi connectivity index (χ1) is 10.8. The lowest BCUT2D eigenvalue weighted by Gasteiger charge is -2.22. The summed E-state index contributed by atoms with van der Waals surface area (Å²) in [5.41, 5.74) is 1.83. The lowest BCUT2D eigenvalue weighted by atomic mass is 9.80. The lowest BCUT2D eigenvalue weighted by molar-refractivity contribution is -0.121. The summed E-state index contributed by atoms with van der Waals surface area (Å²) in [4.78, 5) is 24.8. The Kier molecular flexibility index (Phi) is 4.47. The molecule has 2 atom stereocenters. The van der Waals surface area contributed by atoms with Crippen LogP contribution in [0.5, 0.6) is 0 Å². The van der Waals surface area contributed by atoms with Crippen LogP contribution < -0.4 is 0 Å². The van der Waals surface area contributed by atoms with Crippen LogP contribution in [0.1, 0.15) is 47.5 Å². The highest BCUT2D eigenvalue weighted by Gasteiger charge is 2.34. The molecule has 2 heteroatoms. The Bertz CT molecular complexity index is 646. The Morgan fingerprint density at radius 1 is 1.00 bits per heavy atom. The van der Waals surface area contributed by atoms with E-state index in [4.69, 9.17) is 0 Å². The van der Waals surface area contributed by atoms with Gasteiger partial charge >= 0.3 is 0 Å². The van der Waals surface area contributed by atoms with Gasteiger partial charge < -0.3 is 0 Å².